The molecule has 0 rings (SSSR count). The maximum atomic E-state index is 9.00. The van der Waals surface area contributed by atoms with Gasteiger partial charge in [-0.2, -0.15) is 0 Å². The molecule has 0 aromatic heterocycles. The van der Waals surface area contributed by atoms with Gasteiger partial charge in [0.2, 0.25) is 0 Å². The Morgan fingerprint density at radius 2 is 1.25 bits per heavy atom. The largest absolute Gasteiger partial charge is 1.00 e. The smallest absolute Gasteiger partial charge is 1.00 e. The normalized spacial score (nSPS) is 3.12. The van der Waals surface area contributed by atoms with Crippen LogP contribution in [0.5, 0.6) is 0 Å². The number of carbonyl (C=O) groups is 1. The molecular weight excluding hydrogens is 212 g/mol. The van der Waals surface area contributed by atoms with Crippen LogP contribution in [-0.2, 0) is 4.79 Å². The predicted octanol–water partition coefficient (Wildman–Crippen LogP) is -11.4. The Morgan fingerprint density at radius 1 is 1.25 bits per heavy atom. The van der Waals surface area contributed by atoms with Gasteiger partial charge < -0.3 is 10.8 Å². The van der Waals surface area contributed by atoms with Gasteiger partial charge in [0.1, 0.15) is 0 Å². The van der Waals surface area contributed by atoms with Crippen LogP contribution < -0.4 is 206 Å². The zero-order valence-corrected chi connectivity index (χ0v) is 18.8. The van der Waals surface area contributed by atoms with Crippen molar-refractivity contribution < 1.29 is 221 Å². The number of carboxylic acid groups (broad SMARTS) is 1. The fourth-order valence-corrected chi connectivity index (χ4v) is 0. The summed E-state index contributed by atoms with van der Waals surface area (Å²) in [6.07, 6.45) is 0. The third-order valence-corrected chi connectivity index (χ3v) is 0. The minimum Gasteiger partial charge on any atom is -1.00 e. The van der Waals surface area contributed by atoms with E-state index in [-0.39, 0.29) is 211 Å². The van der Waals surface area contributed by atoms with Crippen molar-refractivity contribution in [1.82, 2.24) is 0 Å². The first kappa shape index (κ1) is 29.2. The molecule has 6 heteroatoms. The van der Waals surface area contributed by atoms with Crippen LogP contribution in [0, 0.1) is 0 Å². The second kappa shape index (κ2) is 23.1. The molecule has 0 aromatic carbocycles. The number of hydrogen-bond acceptors (Lipinski definition) is 1. The quantitative estimate of drug-likeness (QED) is 0.412. The van der Waals surface area contributed by atoms with E-state index in [0.29, 0.717) is 0 Å². The second-order valence-electron chi connectivity index (χ2n) is 0.519. The van der Waals surface area contributed by atoms with E-state index in [1.165, 1.54) is 0 Å². The summed E-state index contributed by atoms with van der Waals surface area (Å²) in [5.74, 6) is -0.833. The summed E-state index contributed by atoms with van der Waals surface area (Å²) in [6.45, 7) is 1.08. The molecule has 0 aliphatic rings. The van der Waals surface area contributed by atoms with Crippen molar-refractivity contribution in [1.29, 1.82) is 0 Å². The summed E-state index contributed by atoms with van der Waals surface area (Å²) < 4.78 is 0. The van der Waals surface area contributed by atoms with Gasteiger partial charge in [0.05, 0.1) is 0 Å². The van der Waals surface area contributed by atoms with Crippen LogP contribution in [0.3, 0.4) is 0 Å². The van der Waals surface area contributed by atoms with Crippen LogP contribution in [0.1, 0.15) is 12.6 Å². The number of rotatable bonds is 0. The zero-order valence-electron chi connectivity index (χ0n) is 10.4. The van der Waals surface area contributed by atoms with Crippen molar-refractivity contribution >= 4 is 5.97 Å². The van der Waals surface area contributed by atoms with E-state index in [0.717, 1.165) is 6.92 Å². The summed E-state index contributed by atoms with van der Waals surface area (Å²) in [4.78, 5) is 9.00. The van der Waals surface area contributed by atoms with E-state index in [4.69, 9.17) is 9.90 Å². The molecule has 2 nitrogen and oxygen atoms in total. The molecule has 0 heterocycles. The molecule has 0 aromatic rings. The van der Waals surface area contributed by atoms with Crippen LogP contribution in [0.25, 0.3) is 0 Å². The summed E-state index contributed by atoms with van der Waals surface area (Å²) in [6, 6.07) is 0. The number of carboxylic acids is 1. The van der Waals surface area contributed by atoms with Crippen molar-refractivity contribution in [2.75, 3.05) is 0 Å². The average molecular weight is 220 g/mol. The standard InChI is InChI=1S/C2H4O2.4K.4H/c1-2(3)4;;;;;;;;/h1H3,(H,3,4);;;;;;;;/q;4*+1;4*-1. The Balaban J connectivity index is -0.00000000161. The fraction of sp³-hybridized carbons (Fsp3) is 0.500. The van der Waals surface area contributed by atoms with Crippen molar-refractivity contribution in [3.63, 3.8) is 0 Å². The molecule has 0 saturated carbocycles. The van der Waals surface area contributed by atoms with Gasteiger partial charge in [-0.3, -0.25) is 4.79 Å². The molecule has 0 saturated heterocycles. The molecule has 0 aliphatic carbocycles. The third kappa shape index (κ3) is 40.3. The topological polar surface area (TPSA) is 37.3 Å². The third-order valence-electron chi connectivity index (χ3n) is 0. The molecule has 0 fully saturated rings. The Labute approximate surface area is 226 Å². The first-order valence-electron chi connectivity index (χ1n) is 0.928. The molecule has 32 valence electrons. The van der Waals surface area contributed by atoms with Crippen LogP contribution in [0.15, 0.2) is 0 Å². The van der Waals surface area contributed by atoms with Gasteiger partial charge in [-0.05, 0) is 0 Å². The Hall–Kier alpha value is 6.02. The van der Waals surface area contributed by atoms with Crippen LogP contribution in [0.2, 0.25) is 0 Å². The monoisotopic (exact) mass is 220 g/mol. The first-order valence-corrected chi connectivity index (χ1v) is 0.928. The summed E-state index contributed by atoms with van der Waals surface area (Å²) >= 11 is 0. The molecule has 0 amide bonds. The van der Waals surface area contributed by atoms with Gasteiger partial charge in [-0.15, -0.1) is 0 Å². The molecule has 0 radical (unpaired) electrons. The van der Waals surface area contributed by atoms with Gasteiger partial charge in [-0.25, -0.2) is 0 Å². The molecule has 0 atom stereocenters. The fourth-order valence-electron chi connectivity index (χ4n) is 0. The first-order chi connectivity index (χ1) is 1.73. The molecule has 1 N–H and O–H groups in total. The Bertz CT molecular complexity index is 46.0. The van der Waals surface area contributed by atoms with E-state index < -0.39 is 5.97 Å². The maximum absolute atomic E-state index is 9.00. The van der Waals surface area contributed by atoms with Crippen molar-refractivity contribution in [3.8, 4) is 0 Å². The average Bonchev–Trinajstić information content (AvgIpc) is 0.811. The Morgan fingerprint density at radius 3 is 1.25 bits per heavy atom. The summed E-state index contributed by atoms with van der Waals surface area (Å²) in [7, 11) is 0. The SMILES string of the molecule is CC(=O)O.[H-].[H-].[H-].[H-].[K+].[K+].[K+].[K+]. The van der Waals surface area contributed by atoms with Crippen molar-refractivity contribution in [2.45, 2.75) is 6.92 Å². The number of hydrogen-bond donors (Lipinski definition) is 1. The predicted molar refractivity (Wildman–Crippen MR) is 17.8 cm³/mol. The van der Waals surface area contributed by atoms with Gasteiger partial charge in [-0.1, -0.05) is 0 Å². The van der Waals surface area contributed by atoms with Crippen molar-refractivity contribution in [3.05, 3.63) is 0 Å². The minimum atomic E-state index is -0.833. The molecule has 0 spiro atoms. The van der Waals surface area contributed by atoms with Crippen LogP contribution in [0.4, 0.5) is 0 Å². The molecule has 0 aliphatic heterocycles. The molecule has 0 unspecified atom stereocenters. The van der Waals surface area contributed by atoms with Gasteiger partial charge in [0.15, 0.2) is 0 Å². The summed E-state index contributed by atoms with van der Waals surface area (Å²) in [5.41, 5.74) is 0. The van der Waals surface area contributed by atoms with E-state index in [1.54, 1.807) is 0 Å². The van der Waals surface area contributed by atoms with Crippen molar-refractivity contribution in [2.24, 2.45) is 0 Å². The van der Waals surface area contributed by atoms with Crippen LogP contribution >= 0.6 is 0 Å². The second-order valence-corrected chi connectivity index (χ2v) is 0.519. The van der Waals surface area contributed by atoms with E-state index in [9.17, 15) is 0 Å². The molecule has 8 heavy (non-hydrogen) atoms. The number of aliphatic carboxylic acids is 1. The Kier molecular flexibility index (Phi) is 84.4. The molecule has 0 bridgehead atoms. The van der Waals surface area contributed by atoms with E-state index in [1.807, 2.05) is 0 Å². The molecular formula is C2H8K4O2. The van der Waals surface area contributed by atoms with Gasteiger partial charge in [0, 0.05) is 6.92 Å². The maximum Gasteiger partial charge on any atom is 1.00 e. The minimum absolute atomic E-state index is 0. The van der Waals surface area contributed by atoms with E-state index in [2.05, 4.69) is 0 Å². The van der Waals surface area contributed by atoms with Crippen LogP contribution in [-0.4, -0.2) is 11.1 Å². The van der Waals surface area contributed by atoms with E-state index >= 15 is 0 Å². The van der Waals surface area contributed by atoms with Gasteiger partial charge in [0.25, 0.3) is 5.97 Å². The van der Waals surface area contributed by atoms with Gasteiger partial charge >= 0.3 is 206 Å². The summed E-state index contributed by atoms with van der Waals surface area (Å²) in [5, 5.41) is 7.42. The zero-order chi connectivity index (χ0) is 3.58.